The van der Waals surface area contributed by atoms with Gasteiger partial charge in [0.2, 0.25) is 5.28 Å². The van der Waals surface area contributed by atoms with Gasteiger partial charge in [-0.1, -0.05) is 17.7 Å². The monoisotopic (exact) mass is 770 g/mol. The standard InChI is InChI=1S/C34H31Cl2F3N10O2S/c1-2-48(33(50)49-16-42-31(36)45-49)18-6-9-46(14-18)30-20-10-22(35)25(19-4-5-23(38)28-24(19)21(12-40)29(41)52-28)26(39)27(20)43-32(44-30)51-15-34-7-3-8-47(34)13-17(37)11-34/h4-5,10,16-18H,2-3,6-9,11,13-15,41H2,1H3/t17-,18?,34+/m1/s1. The zero-order valence-electron chi connectivity index (χ0n) is 27.8. The molecule has 3 aromatic heterocycles. The molecule has 0 radical (unpaired) electrons. The number of carbonyl (C=O) groups is 1. The van der Waals surface area contributed by atoms with Crippen LogP contribution in [0.1, 0.15) is 38.2 Å². The van der Waals surface area contributed by atoms with Gasteiger partial charge in [0.25, 0.3) is 0 Å². The fourth-order valence-electron chi connectivity index (χ4n) is 8.07. The summed E-state index contributed by atoms with van der Waals surface area (Å²) >= 11 is 13.6. The first kappa shape index (κ1) is 34.6. The molecule has 0 bridgehead atoms. The summed E-state index contributed by atoms with van der Waals surface area (Å²) in [5, 5.41) is 14.3. The molecule has 3 fully saturated rings. The molecule has 0 saturated carbocycles. The summed E-state index contributed by atoms with van der Waals surface area (Å²) in [5.74, 6) is -1.10. The molecule has 3 aliphatic rings. The molecule has 52 heavy (non-hydrogen) atoms. The van der Waals surface area contributed by atoms with E-state index in [-0.39, 0.29) is 71.6 Å². The highest BCUT2D eigenvalue weighted by atomic mass is 35.5. The molecule has 3 saturated heterocycles. The van der Waals surface area contributed by atoms with Crippen LogP contribution in [0.4, 0.5) is 28.8 Å². The van der Waals surface area contributed by atoms with Crippen LogP contribution >= 0.6 is 34.5 Å². The van der Waals surface area contributed by atoms with Crippen LogP contribution in [0.25, 0.3) is 32.1 Å². The number of amides is 1. The van der Waals surface area contributed by atoms with Gasteiger partial charge in [-0.3, -0.25) is 4.90 Å². The summed E-state index contributed by atoms with van der Waals surface area (Å²) < 4.78 is 54.1. The second-order valence-electron chi connectivity index (χ2n) is 13.3. The van der Waals surface area contributed by atoms with E-state index in [1.165, 1.54) is 18.5 Å². The molecule has 1 amide bonds. The van der Waals surface area contributed by atoms with Crippen LogP contribution in [0.15, 0.2) is 24.5 Å². The van der Waals surface area contributed by atoms with E-state index >= 15 is 4.39 Å². The molecular formula is C34H31Cl2F3N10O2S. The maximum Gasteiger partial charge on any atom is 0.346 e. The van der Waals surface area contributed by atoms with Crippen LogP contribution in [0.3, 0.4) is 0 Å². The van der Waals surface area contributed by atoms with E-state index in [2.05, 4.69) is 20.0 Å². The van der Waals surface area contributed by atoms with Gasteiger partial charge in [0.05, 0.1) is 26.9 Å². The van der Waals surface area contributed by atoms with E-state index in [4.69, 9.17) is 38.7 Å². The number of alkyl halides is 1. The number of fused-ring (bicyclic) bond motifs is 3. The lowest BCUT2D eigenvalue weighted by molar-refractivity contribution is 0.107. The lowest BCUT2D eigenvalue weighted by Crippen LogP contribution is -2.44. The Morgan fingerprint density at radius 1 is 1.25 bits per heavy atom. The van der Waals surface area contributed by atoms with Crippen molar-refractivity contribution in [1.82, 2.24) is 34.5 Å². The summed E-state index contributed by atoms with van der Waals surface area (Å²) in [6.45, 7) is 4.19. The molecule has 2 aromatic carbocycles. The Morgan fingerprint density at radius 2 is 2.08 bits per heavy atom. The number of likely N-dealkylation sites (N-methyl/N-ethyl adjacent to an activating group) is 1. The predicted molar refractivity (Wildman–Crippen MR) is 192 cm³/mol. The topological polar surface area (TPSA) is 142 Å². The van der Waals surface area contributed by atoms with E-state index in [9.17, 15) is 18.8 Å². The van der Waals surface area contributed by atoms with E-state index in [1.54, 1.807) is 11.0 Å². The van der Waals surface area contributed by atoms with Crippen LogP contribution < -0.4 is 15.4 Å². The predicted octanol–water partition coefficient (Wildman–Crippen LogP) is 6.67. The van der Waals surface area contributed by atoms with Crippen LogP contribution in [0, 0.1) is 23.0 Å². The number of nitrogen functional groups attached to an aromatic ring is 1. The third-order valence-electron chi connectivity index (χ3n) is 10.4. The van der Waals surface area contributed by atoms with Crippen LogP contribution in [-0.4, -0.2) is 97.6 Å². The van der Waals surface area contributed by atoms with Crippen LogP contribution in [0.5, 0.6) is 6.01 Å². The number of nitriles is 1. The van der Waals surface area contributed by atoms with Gasteiger partial charge in [0.15, 0.2) is 5.82 Å². The number of nitrogens with zero attached hydrogens (tertiary/aromatic N) is 9. The highest BCUT2D eigenvalue weighted by Crippen LogP contribution is 2.46. The van der Waals surface area contributed by atoms with Crippen molar-refractivity contribution < 1.29 is 22.7 Å². The number of halogens is 5. The number of benzene rings is 2. The van der Waals surface area contributed by atoms with Crippen molar-refractivity contribution in [3.05, 3.63) is 52.0 Å². The van der Waals surface area contributed by atoms with Crippen molar-refractivity contribution in [2.45, 2.75) is 50.4 Å². The molecule has 12 nitrogen and oxygen atoms in total. The van der Waals surface area contributed by atoms with Crippen molar-refractivity contribution in [1.29, 1.82) is 5.26 Å². The lowest BCUT2D eigenvalue weighted by atomic mass is 9.95. The average Bonchev–Trinajstić information content (AvgIpc) is 3.95. The summed E-state index contributed by atoms with van der Waals surface area (Å²) in [6.07, 6.45) is 2.80. The van der Waals surface area contributed by atoms with Crippen molar-refractivity contribution >= 4 is 72.4 Å². The van der Waals surface area contributed by atoms with Crippen LogP contribution in [0.2, 0.25) is 10.3 Å². The molecule has 270 valence electrons. The van der Waals surface area contributed by atoms with E-state index in [0.717, 1.165) is 35.4 Å². The smallest absolute Gasteiger partial charge is 0.346 e. The van der Waals surface area contributed by atoms with Crippen LogP contribution in [-0.2, 0) is 0 Å². The van der Waals surface area contributed by atoms with Gasteiger partial charge in [0, 0.05) is 48.9 Å². The SMILES string of the molecule is CCN(C(=O)n1cnc(Cl)n1)C1CCN(c2nc(OC[C@@]34CCCN3C[C@H](F)C4)nc3c(F)c(-c4ccc(F)c5sc(N)c(C#N)c45)c(Cl)cc23)C1. The Hall–Kier alpha value is -4.43. The minimum Gasteiger partial charge on any atom is -0.461 e. The fourth-order valence-corrected chi connectivity index (χ4v) is 9.44. The maximum atomic E-state index is 17.1. The zero-order chi connectivity index (χ0) is 36.5. The minimum atomic E-state index is -0.976. The third-order valence-corrected chi connectivity index (χ3v) is 11.9. The molecule has 0 aliphatic carbocycles. The zero-order valence-corrected chi connectivity index (χ0v) is 30.1. The second-order valence-corrected chi connectivity index (χ2v) is 15.1. The van der Waals surface area contributed by atoms with Crippen molar-refractivity contribution in [2.75, 3.05) is 50.0 Å². The number of aromatic nitrogens is 5. The molecule has 3 aliphatic heterocycles. The first-order chi connectivity index (χ1) is 25.0. The van der Waals surface area contributed by atoms with Crippen molar-refractivity contribution in [3.8, 4) is 23.2 Å². The molecular weight excluding hydrogens is 740 g/mol. The van der Waals surface area contributed by atoms with Gasteiger partial charge in [-0.15, -0.1) is 16.4 Å². The quantitative estimate of drug-likeness (QED) is 0.191. The highest BCUT2D eigenvalue weighted by Gasteiger charge is 2.49. The van der Waals surface area contributed by atoms with Crippen molar-refractivity contribution in [2.24, 2.45) is 0 Å². The molecule has 0 spiro atoms. The molecule has 3 atom stereocenters. The summed E-state index contributed by atoms with van der Waals surface area (Å²) in [6, 6.07) is 5.32. The fraction of sp³-hybridized carbons (Fsp3) is 0.412. The maximum absolute atomic E-state index is 17.1. The Labute approximate surface area is 309 Å². The number of ether oxygens (including phenoxy) is 1. The van der Waals surface area contributed by atoms with E-state index in [1.807, 2.05) is 17.9 Å². The van der Waals surface area contributed by atoms with E-state index < -0.39 is 29.4 Å². The van der Waals surface area contributed by atoms with Gasteiger partial charge in [-0.05, 0) is 62.0 Å². The molecule has 8 rings (SSSR count). The van der Waals surface area contributed by atoms with Crippen molar-refractivity contribution in [3.63, 3.8) is 0 Å². The number of nitrogens with two attached hydrogens (primary N) is 1. The third kappa shape index (κ3) is 5.65. The van der Waals surface area contributed by atoms with Gasteiger partial charge >= 0.3 is 12.0 Å². The Balaban J connectivity index is 1.23. The lowest BCUT2D eigenvalue weighted by Gasteiger charge is -2.31. The minimum absolute atomic E-state index is 0.0188. The largest absolute Gasteiger partial charge is 0.461 e. The molecule has 2 N–H and O–H groups in total. The molecule has 1 unspecified atom stereocenters. The first-order valence-electron chi connectivity index (χ1n) is 16.8. The number of thiophene rings is 1. The summed E-state index contributed by atoms with van der Waals surface area (Å²) in [4.78, 5) is 32.2. The van der Waals surface area contributed by atoms with Gasteiger partial charge in [-0.2, -0.15) is 19.9 Å². The Morgan fingerprint density at radius 3 is 2.83 bits per heavy atom. The Kier molecular flexibility index (Phi) is 8.80. The second kappa shape index (κ2) is 13.2. The molecule has 5 aromatic rings. The molecule has 18 heteroatoms. The Bertz CT molecular complexity index is 2300. The highest BCUT2D eigenvalue weighted by molar-refractivity contribution is 7.23. The van der Waals surface area contributed by atoms with Gasteiger partial charge in [-0.25, -0.2) is 22.9 Å². The molecule has 6 heterocycles. The normalized spacial score (nSPS) is 21.7. The number of anilines is 2. The number of carbonyl (C=O) groups excluding carboxylic acids is 1. The summed E-state index contributed by atoms with van der Waals surface area (Å²) in [5.41, 5.74) is 5.56. The number of rotatable bonds is 7. The number of hydrogen-bond donors (Lipinski definition) is 1. The van der Waals surface area contributed by atoms with Gasteiger partial charge in [0.1, 0.15) is 47.3 Å². The number of hydrogen-bond acceptors (Lipinski definition) is 11. The van der Waals surface area contributed by atoms with Gasteiger partial charge < -0.3 is 20.3 Å². The average molecular weight is 772 g/mol. The van der Waals surface area contributed by atoms with E-state index in [0.29, 0.717) is 44.8 Å². The summed E-state index contributed by atoms with van der Waals surface area (Å²) in [7, 11) is 0. The first-order valence-corrected chi connectivity index (χ1v) is 18.3.